The van der Waals surface area contributed by atoms with Crippen LogP contribution in [0.1, 0.15) is 93.2 Å². The van der Waals surface area contributed by atoms with Gasteiger partial charge in [-0.1, -0.05) is 101 Å². The van der Waals surface area contributed by atoms with Crippen molar-refractivity contribution in [1.29, 1.82) is 0 Å². The molecule has 0 aromatic heterocycles. The second kappa shape index (κ2) is 16.4. The minimum atomic E-state index is -0.162. The van der Waals surface area contributed by atoms with E-state index >= 15 is 0 Å². The van der Waals surface area contributed by atoms with E-state index in [0.29, 0.717) is 6.42 Å². The van der Waals surface area contributed by atoms with E-state index in [4.69, 9.17) is 5.73 Å². The predicted octanol–water partition coefficient (Wildman–Crippen LogP) is 9.54. The molecule has 40 heavy (non-hydrogen) atoms. The summed E-state index contributed by atoms with van der Waals surface area (Å²) in [6.07, 6.45) is 7.42. The Hall–Kier alpha value is -2.91. The van der Waals surface area contributed by atoms with Crippen molar-refractivity contribution in [3.05, 3.63) is 100 Å². The summed E-state index contributed by atoms with van der Waals surface area (Å²) in [7, 11) is 0. The van der Waals surface area contributed by atoms with Crippen LogP contribution >= 0.6 is 0 Å². The summed E-state index contributed by atoms with van der Waals surface area (Å²) in [6.45, 7) is 14.3. The molecule has 1 unspecified atom stereocenters. The molecule has 1 fully saturated rings. The number of aryl methyl sites for hydroxylation is 3. The number of benzene rings is 3. The first-order valence-corrected chi connectivity index (χ1v) is 15.5. The van der Waals surface area contributed by atoms with E-state index in [1.165, 1.54) is 70.5 Å². The summed E-state index contributed by atoms with van der Waals surface area (Å²) >= 11 is 0. The summed E-state index contributed by atoms with van der Waals surface area (Å²) in [4.78, 5) is 2.35. The number of nitrogens with zero attached hydrogens (tertiary/aromatic N) is 1. The van der Waals surface area contributed by atoms with Crippen LogP contribution in [0.3, 0.4) is 0 Å². The van der Waals surface area contributed by atoms with Crippen molar-refractivity contribution in [3.63, 3.8) is 0 Å². The van der Waals surface area contributed by atoms with Gasteiger partial charge in [-0.15, -0.1) is 0 Å². The Kier molecular flexibility index (Phi) is 12.9. The monoisotopic (exact) mass is 542 g/mol. The Morgan fingerprint density at radius 1 is 0.950 bits per heavy atom. The maximum Gasteiger partial charge on any atom is 0.0906 e. The number of hydrogen-bond donors (Lipinski definition) is 1. The van der Waals surface area contributed by atoms with Crippen LogP contribution in [-0.2, 0) is 12.8 Å². The third-order valence-corrected chi connectivity index (χ3v) is 7.85. The van der Waals surface area contributed by atoms with Crippen molar-refractivity contribution in [2.24, 2.45) is 5.92 Å². The molecule has 4 rings (SSSR count). The van der Waals surface area contributed by atoms with Gasteiger partial charge in [-0.3, -0.25) is 4.39 Å². The zero-order chi connectivity index (χ0) is 28.9. The molecule has 2 N–H and O–H groups in total. The van der Waals surface area contributed by atoms with Crippen LogP contribution in [0.15, 0.2) is 66.7 Å². The topological polar surface area (TPSA) is 29.3 Å². The SMILES string of the molecule is CC1CCN(CCCF)C1.CCC/C(=C(/c1ccc(C)cc1)c1ccc(N)cc1CC)c1cccc(CCC)c1. The van der Waals surface area contributed by atoms with Gasteiger partial charge in [0, 0.05) is 18.8 Å². The summed E-state index contributed by atoms with van der Waals surface area (Å²) in [6, 6.07) is 24.5. The highest BCUT2D eigenvalue weighted by atomic mass is 19.1. The second-order valence-corrected chi connectivity index (χ2v) is 11.4. The minimum absolute atomic E-state index is 0.162. The number of rotatable bonds is 11. The number of allylic oxidation sites excluding steroid dienone is 1. The molecule has 0 spiro atoms. The molecule has 1 aliphatic heterocycles. The van der Waals surface area contributed by atoms with E-state index in [1.807, 2.05) is 6.07 Å². The van der Waals surface area contributed by atoms with Gasteiger partial charge in [-0.2, -0.15) is 0 Å². The van der Waals surface area contributed by atoms with Gasteiger partial charge in [0.25, 0.3) is 0 Å². The molecular weight excluding hydrogens is 491 g/mol. The fourth-order valence-electron chi connectivity index (χ4n) is 5.74. The molecule has 2 nitrogen and oxygen atoms in total. The van der Waals surface area contributed by atoms with Crippen LogP contribution < -0.4 is 5.73 Å². The number of anilines is 1. The van der Waals surface area contributed by atoms with E-state index in [-0.39, 0.29) is 6.67 Å². The first-order valence-electron chi connectivity index (χ1n) is 15.5. The van der Waals surface area contributed by atoms with E-state index in [1.54, 1.807) is 0 Å². The third kappa shape index (κ3) is 9.06. The Bertz CT molecular complexity index is 1210. The van der Waals surface area contributed by atoms with E-state index in [9.17, 15) is 4.39 Å². The lowest BCUT2D eigenvalue weighted by Crippen LogP contribution is -2.21. The van der Waals surface area contributed by atoms with Crippen LogP contribution in [0.4, 0.5) is 10.1 Å². The van der Waals surface area contributed by atoms with Crippen LogP contribution in [0, 0.1) is 12.8 Å². The molecule has 3 heteroatoms. The number of halogens is 1. The van der Waals surface area contributed by atoms with Crippen LogP contribution in [0.25, 0.3) is 11.1 Å². The number of likely N-dealkylation sites (tertiary alicyclic amines) is 1. The number of alkyl halides is 1. The maximum atomic E-state index is 11.7. The number of nitrogen functional groups attached to an aromatic ring is 1. The van der Waals surface area contributed by atoms with Crippen molar-refractivity contribution in [3.8, 4) is 0 Å². The molecule has 0 amide bonds. The highest BCUT2D eigenvalue weighted by Crippen LogP contribution is 2.38. The first-order chi connectivity index (χ1) is 19.4. The lowest BCUT2D eigenvalue weighted by molar-refractivity contribution is 0.304. The summed E-state index contributed by atoms with van der Waals surface area (Å²) in [5.41, 5.74) is 17.7. The standard InChI is InChI=1S/C29H35N.C8H16FN/c1-5-9-22-11-8-12-25(19-22)27(10-6-2)29(24-15-13-21(4)14-16-24)28-18-17-26(30)20-23(28)7-3;1-8-3-6-10(7-8)5-2-4-9/h8,11-20H,5-7,9-10,30H2,1-4H3;8H,2-7H2,1H3/b29-27+;. The zero-order valence-corrected chi connectivity index (χ0v) is 25.6. The summed E-state index contributed by atoms with van der Waals surface area (Å²) in [5.74, 6) is 0.833. The number of nitrogens with two attached hydrogens (primary N) is 1. The number of hydrogen-bond acceptors (Lipinski definition) is 2. The smallest absolute Gasteiger partial charge is 0.0906 e. The second-order valence-electron chi connectivity index (χ2n) is 11.4. The Morgan fingerprint density at radius 3 is 2.35 bits per heavy atom. The van der Waals surface area contributed by atoms with E-state index in [2.05, 4.69) is 100 Å². The highest BCUT2D eigenvalue weighted by Gasteiger charge is 2.18. The average molecular weight is 543 g/mol. The summed E-state index contributed by atoms with van der Waals surface area (Å²) in [5, 5.41) is 0. The fourth-order valence-corrected chi connectivity index (χ4v) is 5.74. The molecule has 0 radical (unpaired) electrons. The highest BCUT2D eigenvalue weighted by molar-refractivity contribution is 5.99. The molecule has 0 saturated carbocycles. The fraction of sp³-hybridized carbons (Fsp3) is 0.459. The van der Waals surface area contributed by atoms with Gasteiger partial charge in [0.1, 0.15) is 0 Å². The van der Waals surface area contributed by atoms with Gasteiger partial charge in [0.2, 0.25) is 0 Å². The van der Waals surface area contributed by atoms with Crippen LogP contribution in [0.5, 0.6) is 0 Å². The molecule has 1 heterocycles. The van der Waals surface area contributed by atoms with Gasteiger partial charge < -0.3 is 10.6 Å². The van der Waals surface area contributed by atoms with Gasteiger partial charge in [0.15, 0.2) is 0 Å². The Labute approximate surface area is 243 Å². The molecule has 0 aliphatic carbocycles. The molecule has 1 saturated heterocycles. The van der Waals surface area contributed by atoms with Crippen molar-refractivity contribution in [2.45, 2.75) is 79.6 Å². The molecular formula is C37H51FN2. The molecule has 3 aromatic carbocycles. The molecule has 1 aliphatic rings. The lowest BCUT2D eigenvalue weighted by Gasteiger charge is -2.20. The largest absolute Gasteiger partial charge is 0.399 e. The maximum absolute atomic E-state index is 11.7. The van der Waals surface area contributed by atoms with Gasteiger partial charge in [-0.25, -0.2) is 0 Å². The van der Waals surface area contributed by atoms with Gasteiger partial charge in [-0.05, 0) is 103 Å². The summed E-state index contributed by atoms with van der Waals surface area (Å²) < 4.78 is 11.7. The van der Waals surface area contributed by atoms with Crippen LogP contribution in [-0.4, -0.2) is 31.2 Å². The van der Waals surface area contributed by atoms with E-state index in [0.717, 1.165) is 43.8 Å². The first kappa shape index (κ1) is 31.6. The Morgan fingerprint density at radius 2 is 1.73 bits per heavy atom. The predicted molar refractivity (Wildman–Crippen MR) is 173 cm³/mol. The van der Waals surface area contributed by atoms with Crippen molar-refractivity contribution < 1.29 is 4.39 Å². The minimum Gasteiger partial charge on any atom is -0.399 e. The van der Waals surface area contributed by atoms with Gasteiger partial charge >= 0.3 is 0 Å². The average Bonchev–Trinajstić information content (AvgIpc) is 3.38. The lowest BCUT2D eigenvalue weighted by atomic mass is 9.84. The van der Waals surface area contributed by atoms with Crippen molar-refractivity contribution in [2.75, 3.05) is 32.0 Å². The quantitative estimate of drug-likeness (QED) is 0.193. The third-order valence-electron chi connectivity index (χ3n) is 7.85. The molecule has 3 aromatic rings. The zero-order valence-electron chi connectivity index (χ0n) is 25.6. The molecule has 1 atom stereocenters. The van der Waals surface area contributed by atoms with Crippen LogP contribution in [0.2, 0.25) is 0 Å². The molecule has 0 bridgehead atoms. The van der Waals surface area contributed by atoms with E-state index < -0.39 is 0 Å². The van der Waals surface area contributed by atoms with Crippen molar-refractivity contribution in [1.82, 2.24) is 4.90 Å². The Balaban J connectivity index is 0.000000371. The normalized spacial score (nSPS) is 15.9. The molecule has 216 valence electrons. The van der Waals surface area contributed by atoms with Crippen molar-refractivity contribution >= 4 is 16.8 Å². The van der Waals surface area contributed by atoms with Gasteiger partial charge in [0.05, 0.1) is 6.67 Å².